The van der Waals surface area contributed by atoms with Crippen molar-refractivity contribution in [3.8, 4) is 0 Å². The van der Waals surface area contributed by atoms with Gasteiger partial charge in [-0.05, 0) is 35.9 Å². The van der Waals surface area contributed by atoms with Crippen LogP contribution in [0.4, 0.5) is 5.82 Å². The second-order valence-electron chi connectivity index (χ2n) is 4.31. The Morgan fingerprint density at radius 1 is 1.19 bits per heavy atom. The van der Waals surface area contributed by atoms with Crippen LogP contribution in [-0.2, 0) is 21.2 Å². The van der Waals surface area contributed by atoms with Crippen LogP contribution >= 0.6 is 0 Å². The molecule has 0 bridgehead atoms. The van der Waals surface area contributed by atoms with Gasteiger partial charge in [0.1, 0.15) is 5.82 Å². The molecule has 21 heavy (non-hydrogen) atoms. The van der Waals surface area contributed by atoms with Crippen molar-refractivity contribution in [1.82, 2.24) is 4.98 Å². The molecule has 0 saturated heterocycles. The highest BCUT2D eigenvalue weighted by atomic mass is 32.2. The number of nitrogens with zero attached hydrogens (tertiary/aromatic N) is 1. The molecule has 0 fully saturated rings. The lowest BCUT2D eigenvalue weighted by molar-refractivity contribution is -0.114. The summed E-state index contributed by atoms with van der Waals surface area (Å²) in [7, 11) is -3.68. The highest BCUT2D eigenvalue weighted by Crippen LogP contribution is 2.15. The molecule has 0 aliphatic heterocycles. The van der Waals surface area contributed by atoms with Crippen LogP contribution in [0.25, 0.3) is 0 Å². The third-order valence-corrected chi connectivity index (χ3v) is 4.11. The third kappa shape index (κ3) is 4.00. The van der Waals surface area contributed by atoms with Crippen molar-refractivity contribution in [2.24, 2.45) is 0 Å². The number of ketones is 1. The van der Waals surface area contributed by atoms with Gasteiger partial charge in [-0.15, -0.1) is 0 Å². The van der Waals surface area contributed by atoms with Gasteiger partial charge < -0.3 is 0 Å². The molecule has 5 nitrogen and oxygen atoms in total. The van der Waals surface area contributed by atoms with E-state index in [0.717, 1.165) is 5.56 Å². The number of rotatable bonds is 6. The maximum Gasteiger partial charge on any atom is 0.263 e. The number of allylic oxidation sites excluding steroid dienone is 1. The zero-order chi connectivity index (χ0) is 15.3. The monoisotopic (exact) mass is 302 g/mol. The predicted octanol–water partition coefficient (Wildman–Crippen LogP) is 2.18. The van der Waals surface area contributed by atoms with E-state index in [1.54, 1.807) is 30.3 Å². The number of benzene rings is 1. The molecular weight excluding hydrogens is 288 g/mol. The highest BCUT2D eigenvalue weighted by molar-refractivity contribution is 7.92. The fourth-order valence-electron chi connectivity index (χ4n) is 1.68. The van der Waals surface area contributed by atoms with Crippen LogP contribution in [0.2, 0.25) is 0 Å². The number of carbonyl (C=O) groups is 1. The van der Waals surface area contributed by atoms with Crippen molar-refractivity contribution in [2.75, 3.05) is 4.72 Å². The molecular formula is C15H14N2O3S. The van der Waals surface area contributed by atoms with Crippen molar-refractivity contribution in [2.45, 2.75) is 11.3 Å². The summed E-state index contributed by atoms with van der Waals surface area (Å²) in [5, 5.41) is 0. The number of anilines is 1. The zero-order valence-electron chi connectivity index (χ0n) is 11.2. The lowest BCUT2D eigenvalue weighted by Crippen LogP contribution is -2.13. The topological polar surface area (TPSA) is 76.1 Å². The third-order valence-electron chi connectivity index (χ3n) is 2.74. The fraction of sp³-hybridized carbons (Fsp3) is 0.0667. The van der Waals surface area contributed by atoms with Gasteiger partial charge in [0.25, 0.3) is 10.0 Å². The summed E-state index contributed by atoms with van der Waals surface area (Å²) in [6.07, 6.45) is 2.95. The Labute approximate surface area is 123 Å². The van der Waals surface area contributed by atoms with Crippen molar-refractivity contribution < 1.29 is 13.2 Å². The lowest BCUT2D eigenvalue weighted by atomic mass is 10.1. The Morgan fingerprint density at radius 2 is 1.90 bits per heavy atom. The van der Waals surface area contributed by atoms with Crippen LogP contribution in [0.1, 0.15) is 5.56 Å². The van der Waals surface area contributed by atoms with Gasteiger partial charge in [-0.1, -0.05) is 24.8 Å². The van der Waals surface area contributed by atoms with Gasteiger partial charge in [0.05, 0.1) is 4.90 Å². The van der Waals surface area contributed by atoms with E-state index in [2.05, 4.69) is 16.3 Å². The van der Waals surface area contributed by atoms with Crippen LogP contribution in [0.3, 0.4) is 0 Å². The number of aromatic nitrogens is 1. The Bertz CT molecular complexity index is 738. The van der Waals surface area contributed by atoms with Crippen LogP contribution < -0.4 is 4.72 Å². The number of nitrogens with one attached hydrogen (secondary N) is 1. The molecule has 0 aliphatic carbocycles. The molecule has 2 aromatic rings. The number of pyridine rings is 1. The first kappa shape index (κ1) is 14.9. The molecule has 0 amide bonds. The standard InChI is InChI=1S/C15H14N2O3S/c1-2-13(18)11-12-6-8-14(9-7-12)21(19,20)17-15-5-3-4-10-16-15/h2-10H,1,11H2,(H,16,17). The summed E-state index contributed by atoms with van der Waals surface area (Å²) in [6.45, 7) is 3.40. The first-order chi connectivity index (χ1) is 10.0. The molecule has 2 rings (SSSR count). The average molecular weight is 302 g/mol. The molecule has 0 atom stereocenters. The number of carbonyl (C=O) groups excluding carboxylic acids is 1. The minimum Gasteiger partial charge on any atom is -0.295 e. The molecule has 1 heterocycles. The van der Waals surface area contributed by atoms with Gasteiger partial charge >= 0.3 is 0 Å². The molecule has 108 valence electrons. The van der Waals surface area contributed by atoms with Crippen LogP contribution in [0.5, 0.6) is 0 Å². The molecule has 1 N–H and O–H groups in total. The Kier molecular flexibility index (Phi) is 4.49. The zero-order valence-corrected chi connectivity index (χ0v) is 12.0. The lowest BCUT2D eigenvalue weighted by Gasteiger charge is -2.07. The highest BCUT2D eigenvalue weighted by Gasteiger charge is 2.14. The van der Waals surface area contributed by atoms with Crippen molar-refractivity contribution in [1.29, 1.82) is 0 Å². The first-order valence-electron chi connectivity index (χ1n) is 6.19. The van der Waals surface area contributed by atoms with Crippen LogP contribution in [0.15, 0.2) is 66.2 Å². The average Bonchev–Trinajstić information content (AvgIpc) is 2.48. The van der Waals surface area contributed by atoms with E-state index < -0.39 is 10.0 Å². The van der Waals surface area contributed by atoms with E-state index in [1.807, 2.05) is 0 Å². The maximum atomic E-state index is 12.2. The van der Waals surface area contributed by atoms with E-state index in [0.29, 0.717) is 0 Å². The molecule has 1 aromatic heterocycles. The van der Waals surface area contributed by atoms with E-state index in [1.165, 1.54) is 24.4 Å². The van der Waals surface area contributed by atoms with E-state index in [9.17, 15) is 13.2 Å². The Morgan fingerprint density at radius 3 is 2.48 bits per heavy atom. The van der Waals surface area contributed by atoms with E-state index >= 15 is 0 Å². The quantitative estimate of drug-likeness (QED) is 0.830. The second kappa shape index (κ2) is 6.32. The van der Waals surface area contributed by atoms with Gasteiger partial charge in [-0.3, -0.25) is 9.52 Å². The first-order valence-corrected chi connectivity index (χ1v) is 7.67. The van der Waals surface area contributed by atoms with Crippen molar-refractivity contribution in [3.05, 3.63) is 66.9 Å². The summed E-state index contributed by atoms with van der Waals surface area (Å²) < 4.78 is 26.7. The van der Waals surface area contributed by atoms with Gasteiger partial charge in [0, 0.05) is 12.6 Å². The normalized spacial score (nSPS) is 10.9. The Balaban J connectivity index is 2.17. The minimum absolute atomic E-state index is 0.114. The molecule has 0 spiro atoms. The van der Waals surface area contributed by atoms with Crippen LogP contribution in [0, 0.1) is 0 Å². The summed E-state index contributed by atoms with van der Waals surface area (Å²) in [4.78, 5) is 15.3. The van der Waals surface area contributed by atoms with Gasteiger partial charge in [0.15, 0.2) is 5.78 Å². The summed E-state index contributed by atoms with van der Waals surface area (Å²) >= 11 is 0. The van der Waals surface area contributed by atoms with Gasteiger partial charge in [0.2, 0.25) is 0 Å². The number of hydrogen-bond donors (Lipinski definition) is 1. The summed E-state index contributed by atoms with van der Waals surface area (Å²) in [5.74, 6) is 0.139. The van der Waals surface area contributed by atoms with Gasteiger partial charge in [-0.2, -0.15) is 0 Å². The van der Waals surface area contributed by atoms with Crippen molar-refractivity contribution in [3.63, 3.8) is 0 Å². The molecule has 1 aromatic carbocycles. The molecule has 0 saturated carbocycles. The smallest absolute Gasteiger partial charge is 0.263 e. The SMILES string of the molecule is C=CC(=O)Cc1ccc(S(=O)(=O)Nc2ccccn2)cc1. The molecule has 0 unspecified atom stereocenters. The minimum atomic E-state index is -3.68. The summed E-state index contributed by atoms with van der Waals surface area (Å²) in [6, 6.07) is 11.1. The second-order valence-corrected chi connectivity index (χ2v) is 5.99. The fourth-order valence-corrected chi connectivity index (χ4v) is 2.69. The van der Waals surface area contributed by atoms with Gasteiger partial charge in [-0.25, -0.2) is 13.4 Å². The maximum absolute atomic E-state index is 12.2. The van der Waals surface area contributed by atoms with E-state index in [4.69, 9.17) is 0 Å². The van der Waals surface area contributed by atoms with E-state index in [-0.39, 0.29) is 22.9 Å². The summed E-state index contributed by atoms with van der Waals surface area (Å²) in [5.41, 5.74) is 0.733. The van der Waals surface area contributed by atoms with Crippen molar-refractivity contribution >= 4 is 21.6 Å². The molecule has 0 radical (unpaired) electrons. The Hall–Kier alpha value is -2.47. The number of hydrogen-bond acceptors (Lipinski definition) is 4. The molecule has 6 heteroatoms. The predicted molar refractivity (Wildman–Crippen MR) is 80.4 cm³/mol. The van der Waals surface area contributed by atoms with Crippen LogP contribution in [-0.4, -0.2) is 19.2 Å². The largest absolute Gasteiger partial charge is 0.295 e. The number of sulfonamides is 1. The molecule has 0 aliphatic rings.